The minimum atomic E-state index is 0.751. The van der Waals surface area contributed by atoms with Crippen LogP contribution in [0.2, 0.25) is 0 Å². The van der Waals surface area contributed by atoms with Crippen LogP contribution in [-0.2, 0) is 6.54 Å². The SMILES string of the molecule is CCC(CC)CNCc1sc(N(C)C)nc1OC. The fourth-order valence-corrected chi connectivity index (χ4v) is 2.68. The Labute approximate surface area is 114 Å². The summed E-state index contributed by atoms with van der Waals surface area (Å²) in [5.41, 5.74) is 0. The zero-order chi connectivity index (χ0) is 13.5. The lowest BCUT2D eigenvalue weighted by Crippen LogP contribution is -2.21. The average molecular weight is 271 g/mol. The van der Waals surface area contributed by atoms with E-state index in [-0.39, 0.29) is 0 Å². The third-order valence-electron chi connectivity index (χ3n) is 3.10. The molecular weight excluding hydrogens is 246 g/mol. The highest BCUT2D eigenvalue weighted by Crippen LogP contribution is 2.30. The molecule has 0 aliphatic rings. The summed E-state index contributed by atoms with van der Waals surface area (Å²) in [7, 11) is 5.68. The third-order valence-corrected chi connectivity index (χ3v) is 4.30. The summed E-state index contributed by atoms with van der Waals surface area (Å²) in [5.74, 6) is 1.51. The molecule has 1 heterocycles. The largest absolute Gasteiger partial charge is 0.480 e. The van der Waals surface area contributed by atoms with E-state index in [0.717, 1.165) is 30.0 Å². The summed E-state index contributed by atoms with van der Waals surface area (Å²) in [6.45, 7) is 6.39. The number of nitrogens with zero attached hydrogens (tertiary/aromatic N) is 2. The molecule has 0 aromatic carbocycles. The number of hydrogen-bond donors (Lipinski definition) is 1. The van der Waals surface area contributed by atoms with Crippen molar-refractivity contribution in [3.8, 4) is 5.88 Å². The van der Waals surface area contributed by atoms with Crippen LogP contribution in [0.5, 0.6) is 5.88 Å². The summed E-state index contributed by atoms with van der Waals surface area (Å²) in [5, 5.41) is 4.49. The van der Waals surface area contributed by atoms with Gasteiger partial charge >= 0.3 is 0 Å². The summed E-state index contributed by atoms with van der Waals surface area (Å²) in [6.07, 6.45) is 2.46. The molecule has 0 aliphatic carbocycles. The number of anilines is 1. The van der Waals surface area contributed by atoms with Gasteiger partial charge in [0.2, 0.25) is 5.88 Å². The maximum atomic E-state index is 5.32. The molecule has 5 heteroatoms. The Balaban J connectivity index is 2.55. The van der Waals surface area contributed by atoms with E-state index >= 15 is 0 Å². The molecule has 0 atom stereocenters. The lowest BCUT2D eigenvalue weighted by molar-refractivity contribution is 0.392. The van der Waals surface area contributed by atoms with Crippen LogP contribution in [0.15, 0.2) is 0 Å². The number of methoxy groups -OCH3 is 1. The molecule has 0 aliphatic heterocycles. The fourth-order valence-electron chi connectivity index (χ4n) is 1.76. The zero-order valence-corrected chi connectivity index (χ0v) is 12.9. The first-order chi connectivity index (χ1) is 8.62. The Bertz CT molecular complexity index is 348. The Kier molecular flexibility index (Phi) is 6.43. The normalized spacial score (nSPS) is 11.0. The first kappa shape index (κ1) is 15.2. The Morgan fingerprint density at radius 1 is 1.33 bits per heavy atom. The fraction of sp³-hybridized carbons (Fsp3) is 0.769. The van der Waals surface area contributed by atoms with E-state index in [1.54, 1.807) is 18.4 Å². The van der Waals surface area contributed by atoms with E-state index in [4.69, 9.17) is 4.74 Å². The van der Waals surface area contributed by atoms with Crippen molar-refractivity contribution in [3.63, 3.8) is 0 Å². The molecule has 0 unspecified atom stereocenters. The molecule has 1 aromatic rings. The molecule has 0 amide bonds. The topological polar surface area (TPSA) is 37.4 Å². The number of rotatable bonds is 8. The van der Waals surface area contributed by atoms with Crippen molar-refractivity contribution in [2.45, 2.75) is 33.2 Å². The van der Waals surface area contributed by atoms with Gasteiger partial charge < -0.3 is 15.0 Å². The van der Waals surface area contributed by atoms with Gasteiger partial charge in [-0.3, -0.25) is 0 Å². The zero-order valence-electron chi connectivity index (χ0n) is 12.1. The minimum absolute atomic E-state index is 0.751. The molecule has 1 rings (SSSR count). The van der Waals surface area contributed by atoms with Crippen LogP contribution >= 0.6 is 11.3 Å². The number of nitrogens with one attached hydrogen (secondary N) is 1. The van der Waals surface area contributed by atoms with E-state index in [9.17, 15) is 0 Å². The van der Waals surface area contributed by atoms with Crippen LogP contribution in [0.1, 0.15) is 31.6 Å². The predicted octanol–water partition coefficient (Wildman–Crippen LogP) is 2.74. The lowest BCUT2D eigenvalue weighted by Gasteiger charge is -2.12. The summed E-state index contributed by atoms with van der Waals surface area (Å²) in [6, 6.07) is 0. The van der Waals surface area contributed by atoms with Gasteiger partial charge in [0.25, 0.3) is 0 Å². The van der Waals surface area contributed by atoms with Gasteiger partial charge in [-0.25, -0.2) is 0 Å². The summed E-state index contributed by atoms with van der Waals surface area (Å²) >= 11 is 1.69. The standard InChI is InChI=1S/C13H25N3OS/c1-6-10(7-2)8-14-9-11-12(17-5)15-13(18-11)16(3)4/h10,14H,6-9H2,1-5H3. The second kappa shape index (κ2) is 7.59. The Morgan fingerprint density at radius 2 is 2.00 bits per heavy atom. The highest BCUT2D eigenvalue weighted by molar-refractivity contribution is 7.15. The molecule has 1 aromatic heterocycles. The molecule has 0 fully saturated rings. The molecule has 0 bridgehead atoms. The maximum Gasteiger partial charge on any atom is 0.230 e. The molecule has 4 nitrogen and oxygen atoms in total. The predicted molar refractivity (Wildman–Crippen MR) is 78.8 cm³/mol. The molecular formula is C13H25N3OS. The smallest absolute Gasteiger partial charge is 0.230 e. The number of ether oxygens (including phenoxy) is 1. The Hall–Kier alpha value is -0.810. The first-order valence-electron chi connectivity index (χ1n) is 6.54. The van der Waals surface area contributed by atoms with Crippen molar-refractivity contribution in [1.29, 1.82) is 0 Å². The monoisotopic (exact) mass is 271 g/mol. The van der Waals surface area contributed by atoms with Gasteiger partial charge in [0, 0.05) is 20.6 Å². The van der Waals surface area contributed by atoms with Crippen LogP contribution in [0.3, 0.4) is 0 Å². The van der Waals surface area contributed by atoms with E-state index in [1.807, 2.05) is 19.0 Å². The average Bonchev–Trinajstić information content (AvgIpc) is 2.78. The molecule has 0 saturated carbocycles. The van der Waals surface area contributed by atoms with Crippen molar-refractivity contribution in [2.75, 3.05) is 32.6 Å². The minimum Gasteiger partial charge on any atom is -0.480 e. The second-order valence-corrected chi connectivity index (χ2v) is 5.70. The maximum absolute atomic E-state index is 5.32. The Morgan fingerprint density at radius 3 is 2.50 bits per heavy atom. The van der Waals surface area contributed by atoms with Gasteiger partial charge in [-0.05, 0) is 12.5 Å². The van der Waals surface area contributed by atoms with E-state index in [1.165, 1.54) is 17.7 Å². The highest BCUT2D eigenvalue weighted by atomic mass is 32.1. The first-order valence-corrected chi connectivity index (χ1v) is 7.35. The van der Waals surface area contributed by atoms with Gasteiger partial charge in [0.1, 0.15) is 0 Å². The summed E-state index contributed by atoms with van der Waals surface area (Å²) < 4.78 is 5.32. The van der Waals surface area contributed by atoms with Crippen LogP contribution < -0.4 is 15.0 Å². The van der Waals surface area contributed by atoms with Gasteiger partial charge in [-0.2, -0.15) is 4.98 Å². The number of thiazole rings is 1. The van der Waals surface area contributed by atoms with Gasteiger partial charge in [0.05, 0.1) is 12.0 Å². The van der Waals surface area contributed by atoms with Gasteiger partial charge in [-0.1, -0.05) is 38.0 Å². The van der Waals surface area contributed by atoms with Crippen molar-refractivity contribution in [3.05, 3.63) is 4.88 Å². The van der Waals surface area contributed by atoms with Crippen LogP contribution in [0, 0.1) is 5.92 Å². The quantitative estimate of drug-likeness (QED) is 0.789. The van der Waals surface area contributed by atoms with Crippen LogP contribution in [0.4, 0.5) is 5.13 Å². The van der Waals surface area contributed by atoms with Crippen molar-refractivity contribution < 1.29 is 4.74 Å². The molecule has 0 saturated heterocycles. The molecule has 0 radical (unpaired) electrons. The summed E-state index contributed by atoms with van der Waals surface area (Å²) in [4.78, 5) is 7.63. The van der Waals surface area contributed by atoms with Gasteiger partial charge in [-0.15, -0.1) is 0 Å². The number of aromatic nitrogens is 1. The number of hydrogen-bond acceptors (Lipinski definition) is 5. The van der Waals surface area contributed by atoms with Crippen LogP contribution in [-0.4, -0.2) is 32.7 Å². The molecule has 1 N–H and O–H groups in total. The van der Waals surface area contributed by atoms with Crippen molar-refractivity contribution >= 4 is 16.5 Å². The molecule has 18 heavy (non-hydrogen) atoms. The van der Waals surface area contributed by atoms with Crippen molar-refractivity contribution in [2.24, 2.45) is 5.92 Å². The molecule has 104 valence electrons. The van der Waals surface area contributed by atoms with E-state index in [2.05, 4.69) is 24.1 Å². The van der Waals surface area contributed by atoms with E-state index in [0.29, 0.717) is 0 Å². The highest BCUT2D eigenvalue weighted by Gasteiger charge is 2.13. The van der Waals surface area contributed by atoms with Crippen LogP contribution in [0.25, 0.3) is 0 Å². The van der Waals surface area contributed by atoms with E-state index < -0.39 is 0 Å². The van der Waals surface area contributed by atoms with Gasteiger partial charge in [0.15, 0.2) is 5.13 Å². The van der Waals surface area contributed by atoms with Crippen molar-refractivity contribution in [1.82, 2.24) is 10.3 Å². The molecule has 0 spiro atoms. The lowest BCUT2D eigenvalue weighted by atomic mass is 10.0. The third kappa shape index (κ3) is 4.14. The second-order valence-electron chi connectivity index (χ2n) is 4.64.